The van der Waals surface area contributed by atoms with Gasteiger partial charge in [0.2, 0.25) is 5.91 Å². The fourth-order valence-corrected chi connectivity index (χ4v) is 3.41. The lowest BCUT2D eigenvalue weighted by atomic mass is 10.1. The molecular weight excluding hydrogens is 354 g/mol. The predicted molar refractivity (Wildman–Crippen MR) is 111 cm³/mol. The van der Waals surface area contributed by atoms with Gasteiger partial charge >= 0.3 is 6.03 Å². The topological polar surface area (TPSA) is 70.7 Å². The van der Waals surface area contributed by atoms with Crippen LogP contribution in [-0.4, -0.2) is 36.0 Å². The van der Waals surface area contributed by atoms with E-state index in [1.807, 2.05) is 6.07 Å². The van der Waals surface area contributed by atoms with E-state index in [0.717, 1.165) is 29.7 Å². The SMILES string of the molecule is CC(=O)Nc1cccc(NC(=O)N2CCC(Oc3c(C)cccc3C)CC2)c1. The molecule has 1 aliphatic heterocycles. The lowest BCUT2D eigenvalue weighted by molar-refractivity contribution is -0.114. The number of piperidine rings is 1. The Labute approximate surface area is 165 Å². The van der Waals surface area contributed by atoms with Crippen LogP contribution >= 0.6 is 0 Å². The summed E-state index contributed by atoms with van der Waals surface area (Å²) in [5.41, 5.74) is 3.59. The molecule has 0 spiro atoms. The number of para-hydroxylation sites is 1. The summed E-state index contributed by atoms with van der Waals surface area (Å²) < 4.78 is 6.22. The molecular formula is C22H27N3O3. The second-order valence-electron chi connectivity index (χ2n) is 7.22. The monoisotopic (exact) mass is 381 g/mol. The minimum absolute atomic E-state index is 0.118. The minimum Gasteiger partial charge on any atom is -0.490 e. The summed E-state index contributed by atoms with van der Waals surface area (Å²) in [5.74, 6) is 0.814. The molecule has 3 amide bonds. The first-order valence-electron chi connectivity index (χ1n) is 9.59. The Morgan fingerprint density at radius 2 is 1.54 bits per heavy atom. The normalized spacial score (nSPS) is 14.5. The van der Waals surface area contributed by atoms with Crippen LogP contribution in [0.25, 0.3) is 0 Å². The van der Waals surface area contributed by atoms with Crippen molar-refractivity contribution in [3.05, 3.63) is 53.6 Å². The van der Waals surface area contributed by atoms with E-state index in [2.05, 4.69) is 36.6 Å². The molecule has 0 saturated carbocycles. The van der Waals surface area contributed by atoms with Crippen LogP contribution < -0.4 is 15.4 Å². The number of urea groups is 1. The van der Waals surface area contributed by atoms with Gasteiger partial charge in [-0.2, -0.15) is 0 Å². The molecule has 1 fully saturated rings. The highest BCUT2D eigenvalue weighted by molar-refractivity contribution is 5.92. The molecule has 1 aliphatic rings. The fraction of sp³-hybridized carbons (Fsp3) is 0.364. The number of carbonyl (C=O) groups is 2. The number of amides is 3. The van der Waals surface area contributed by atoms with Crippen molar-refractivity contribution in [2.24, 2.45) is 0 Å². The molecule has 0 bridgehead atoms. The molecule has 28 heavy (non-hydrogen) atoms. The van der Waals surface area contributed by atoms with E-state index in [4.69, 9.17) is 4.74 Å². The molecule has 0 unspecified atom stereocenters. The molecule has 148 valence electrons. The number of rotatable bonds is 4. The summed E-state index contributed by atoms with van der Waals surface area (Å²) in [7, 11) is 0. The van der Waals surface area contributed by atoms with Crippen molar-refractivity contribution in [2.45, 2.75) is 39.7 Å². The number of carbonyl (C=O) groups excluding carboxylic acids is 2. The maximum absolute atomic E-state index is 12.6. The first-order chi connectivity index (χ1) is 13.4. The van der Waals surface area contributed by atoms with Crippen LogP contribution in [0.5, 0.6) is 5.75 Å². The summed E-state index contributed by atoms with van der Waals surface area (Å²) in [6.07, 6.45) is 1.72. The van der Waals surface area contributed by atoms with E-state index >= 15 is 0 Å². The van der Waals surface area contributed by atoms with E-state index in [1.54, 1.807) is 29.2 Å². The van der Waals surface area contributed by atoms with Crippen LogP contribution in [0.4, 0.5) is 16.2 Å². The fourth-order valence-electron chi connectivity index (χ4n) is 3.41. The summed E-state index contributed by atoms with van der Waals surface area (Å²) in [6.45, 7) is 6.86. The van der Waals surface area contributed by atoms with Crippen LogP contribution in [0.3, 0.4) is 0 Å². The van der Waals surface area contributed by atoms with Gasteiger partial charge in [-0.3, -0.25) is 4.79 Å². The maximum atomic E-state index is 12.6. The van der Waals surface area contributed by atoms with Crippen molar-refractivity contribution in [2.75, 3.05) is 23.7 Å². The van der Waals surface area contributed by atoms with Crippen LogP contribution in [0.15, 0.2) is 42.5 Å². The number of likely N-dealkylation sites (tertiary alicyclic amines) is 1. The first-order valence-corrected chi connectivity index (χ1v) is 9.59. The van der Waals surface area contributed by atoms with E-state index in [0.29, 0.717) is 24.5 Å². The zero-order valence-corrected chi connectivity index (χ0v) is 16.6. The van der Waals surface area contributed by atoms with Crippen molar-refractivity contribution in [1.82, 2.24) is 4.90 Å². The number of benzene rings is 2. The molecule has 2 N–H and O–H groups in total. The molecule has 0 aliphatic carbocycles. The van der Waals surface area contributed by atoms with Crippen LogP contribution in [-0.2, 0) is 4.79 Å². The number of aryl methyl sites for hydroxylation is 2. The maximum Gasteiger partial charge on any atom is 0.321 e. The number of hydrogen-bond donors (Lipinski definition) is 2. The lowest BCUT2D eigenvalue weighted by Crippen LogP contribution is -2.43. The Morgan fingerprint density at radius 1 is 0.964 bits per heavy atom. The summed E-state index contributed by atoms with van der Waals surface area (Å²) >= 11 is 0. The Balaban J connectivity index is 1.53. The Morgan fingerprint density at radius 3 is 2.14 bits per heavy atom. The van der Waals surface area contributed by atoms with Crippen molar-refractivity contribution in [3.8, 4) is 5.75 Å². The van der Waals surface area contributed by atoms with Crippen molar-refractivity contribution < 1.29 is 14.3 Å². The molecule has 2 aromatic carbocycles. The molecule has 0 radical (unpaired) electrons. The Bertz CT molecular complexity index is 838. The molecule has 0 aromatic heterocycles. The van der Waals surface area contributed by atoms with E-state index in [9.17, 15) is 9.59 Å². The zero-order chi connectivity index (χ0) is 20.1. The van der Waals surface area contributed by atoms with Crippen molar-refractivity contribution >= 4 is 23.3 Å². The first kappa shape index (κ1) is 19.7. The number of nitrogens with zero attached hydrogens (tertiary/aromatic N) is 1. The second-order valence-corrected chi connectivity index (χ2v) is 7.22. The van der Waals surface area contributed by atoms with Gasteiger partial charge in [0.15, 0.2) is 0 Å². The number of anilines is 2. The Kier molecular flexibility index (Phi) is 6.19. The highest BCUT2D eigenvalue weighted by Crippen LogP contribution is 2.26. The van der Waals surface area contributed by atoms with Gasteiger partial charge in [-0.15, -0.1) is 0 Å². The van der Waals surface area contributed by atoms with Gasteiger partial charge in [-0.25, -0.2) is 4.79 Å². The van der Waals surface area contributed by atoms with E-state index < -0.39 is 0 Å². The third kappa shape index (κ3) is 5.03. The molecule has 6 heteroatoms. The summed E-state index contributed by atoms with van der Waals surface area (Å²) in [6, 6.07) is 13.1. The highest BCUT2D eigenvalue weighted by Gasteiger charge is 2.24. The largest absolute Gasteiger partial charge is 0.490 e. The van der Waals surface area contributed by atoms with Crippen molar-refractivity contribution in [3.63, 3.8) is 0 Å². The standard InChI is InChI=1S/C22H27N3O3/c1-15-6-4-7-16(2)21(15)28-20-10-12-25(13-11-20)22(27)24-19-9-5-8-18(14-19)23-17(3)26/h4-9,14,20H,10-13H2,1-3H3,(H,23,26)(H,24,27). The second kappa shape index (κ2) is 8.78. The summed E-state index contributed by atoms with van der Waals surface area (Å²) in [4.78, 5) is 25.5. The van der Waals surface area contributed by atoms with Gasteiger partial charge in [-0.1, -0.05) is 24.3 Å². The molecule has 2 aromatic rings. The molecule has 0 atom stereocenters. The predicted octanol–water partition coefficient (Wildman–Crippen LogP) is 4.34. The molecule has 1 saturated heterocycles. The smallest absolute Gasteiger partial charge is 0.321 e. The quantitative estimate of drug-likeness (QED) is 0.828. The number of hydrogen-bond acceptors (Lipinski definition) is 3. The van der Waals surface area contributed by atoms with Gasteiger partial charge in [-0.05, 0) is 43.2 Å². The van der Waals surface area contributed by atoms with Crippen LogP contribution in [0, 0.1) is 13.8 Å². The molecule has 3 rings (SSSR count). The average Bonchev–Trinajstić information content (AvgIpc) is 2.65. The number of nitrogens with one attached hydrogen (secondary N) is 2. The molecule has 6 nitrogen and oxygen atoms in total. The minimum atomic E-state index is -0.144. The third-order valence-corrected chi connectivity index (χ3v) is 4.86. The average molecular weight is 381 g/mol. The zero-order valence-electron chi connectivity index (χ0n) is 16.6. The highest BCUT2D eigenvalue weighted by atomic mass is 16.5. The van der Waals surface area contributed by atoms with Gasteiger partial charge in [0.1, 0.15) is 11.9 Å². The summed E-state index contributed by atoms with van der Waals surface area (Å²) in [5, 5.41) is 5.62. The van der Waals surface area contributed by atoms with Gasteiger partial charge in [0, 0.05) is 44.2 Å². The van der Waals surface area contributed by atoms with E-state index in [-0.39, 0.29) is 18.0 Å². The Hall–Kier alpha value is -3.02. The van der Waals surface area contributed by atoms with Gasteiger partial charge in [0.25, 0.3) is 0 Å². The lowest BCUT2D eigenvalue weighted by Gasteiger charge is -2.32. The van der Waals surface area contributed by atoms with Crippen molar-refractivity contribution in [1.29, 1.82) is 0 Å². The molecule has 1 heterocycles. The van der Waals surface area contributed by atoms with Gasteiger partial charge < -0.3 is 20.3 Å². The number of ether oxygens (including phenoxy) is 1. The van der Waals surface area contributed by atoms with Crippen LogP contribution in [0.2, 0.25) is 0 Å². The third-order valence-electron chi connectivity index (χ3n) is 4.86. The van der Waals surface area contributed by atoms with Crippen LogP contribution in [0.1, 0.15) is 30.9 Å². The van der Waals surface area contributed by atoms with E-state index in [1.165, 1.54) is 6.92 Å². The van der Waals surface area contributed by atoms with Gasteiger partial charge in [0.05, 0.1) is 0 Å².